The van der Waals surface area contributed by atoms with Crippen LogP contribution in [-0.4, -0.2) is 26.4 Å². The minimum absolute atomic E-state index is 0.303. The van der Waals surface area contributed by atoms with Crippen molar-refractivity contribution in [1.82, 2.24) is 9.55 Å². The molecule has 1 atom stereocenters. The van der Waals surface area contributed by atoms with Gasteiger partial charge in [-0.05, 0) is 39.5 Å². The van der Waals surface area contributed by atoms with E-state index in [0.29, 0.717) is 11.6 Å². The number of hydrogen-bond acceptors (Lipinski definition) is 4. The molecule has 1 unspecified atom stereocenters. The predicted molar refractivity (Wildman–Crippen MR) is 61.5 cm³/mol. The lowest BCUT2D eigenvalue weighted by atomic mass is 10.2. The largest absolute Gasteiger partial charge is 0.443 e. The minimum Gasteiger partial charge on any atom is -0.443 e. The van der Waals surface area contributed by atoms with Crippen molar-refractivity contribution in [1.29, 1.82) is 0 Å². The SMILES string of the molecule is CC(C)(C)OC(=O)n1cnc(C(O)C2CC2)c1. The highest BCUT2D eigenvalue weighted by molar-refractivity contribution is 5.70. The highest BCUT2D eigenvalue weighted by Crippen LogP contribution is 2.40. The number of nitrogens with zero attached hydrogens (tertiary/aromatic N) is 2. The summed E-state index contributed by atoms with van der Waals surface area (Å²) < 4.78 is 6.47. The van der Waals surface area contributed by atoms with Gasteiger partial charge in [0.25, 0.3) is 0 Å². The monoisotopic (exact) mass is 238 g/mol. The summed E-state index contributed by atoms with van der Waals surface area (Å²) in [7, 11) is 0. The molecule has 17 heavy (non-hydrogen) atoms. The molecule has 94 valence electrons. The zero-order valence-corrected chi connectivity index (χ0v) is 10.4. The van der Waals surface area contributed by atoms with E-state index in [1.165, 1.54) is 17.1 Å². The molecular weight excluding hydrogens is 220 g/mol. The molecule has 0 aliphatic heterocycles. The average molecular weight is 238 g/mol. The van der Waals surface area contributed by atoms with E-state index in [-0.39, 0.29) is 0 Å². The van der Waals surface area contributed by atoms with Crippen LogP contribution in [0.15, 0.2) is 12.5 Å². The third-order valence-corrected chi connectivity index (χ3v) is 2.58. The molecule has 5 nitrogen and oxygen atoms in total. The van der Waals surface area contributed by atoms with Crippen LogP contribution < -0.4 is 0 Å². The van der Waals surface area contributed by atoms with Crippen molar-refractivity contribution >= 4 is 6.09 Å². The van der Waals surface area contributed by atoms with Crippen molar-refractivity contribution in [3.05, 3.63) is 18.2 Å². The van der Waals surface area contributed by atoms with Crippen molar-refractivity contribution in [2.24, 2.45) is 5.92 Å². The number of aliphatic hydroxyl groups is 1. The highest BCUT2D eigenvalue weighted by Gasteiger charge is 2.32. The molecule has 1 aliphatic carbocycles. The van der Waals surface area contributed by atoms with Gasteiger partial charge in [0.15, 0.2) is 0 Å². The first kappa shape index (κ1) is 12.1. The van der Waals surface area contributed by atoms with Crippen molar-refractivity contribution in [3.8, 4) is 0 Å². The third kappa shape index (κ3) is 3.06. The van der Waals surface area contributed by atoms with E-state index >= 15 is 0 Å². The molecule has 0 spiro atoms. The Balaban J connectivity index is 2.04. The Hall–Kier alpha value is -1.36. The van der Waals surface area contributed by atoms with Gasteiger partial charge in [0.1, 0.15) is 18.0 Å². The normalized spacial score (nSPS) is 17.9. The predicted octanol–water partition coefficient (Wildman–Crippen LogP) is 2.11. The Morgan fingerprint density at radius 1 is 1.59 bits per heavy atom. The van der Waals surface area contributed by atoms with Gasteiger partial charge in [0.05, 0.1) is 5.69 Å². The van der Waals surface area contributed by atoms with Crippen molar-refractivity contribution in [2.75, 3.05) is 0 Å². The molecule has 1 saturated carbocycles. The Kier molecular flexibility index (Phi) is 2.95. The van der Waals surface area contributed by atoms with E-state index < -0.39 is 17.8 Å². The van der Waals surface area contributed by atoms with Crippen molar-refractivity contribution in [3.63, 3.8) is 0 Å². The van der Waals surface area contributed by atoms with Crippen molar-refractivity contribution in [2.45, 2.75) is 45.3 Å². The lowest BCUT2D eigenvalue weighted by Gasteiger charge is -2.19. The van der Waals surface area contributed by atoms with Gasteiger partial charge in [-0.3, -0.25) is 0 Å². The molecule has 1 aromatic heterocycles. The molecule has 1 N–H and O–H groups in total. The number of aliphatic hydroxyl groups excluding tert-OH is 1. The van der Waals surface area contributed by atoms with Crippen LogP contribution in [0.4, 0.5) is 4.79 Å². The molecule has 2 rings (SSSR count). The number of carbonyl (C=O) groups is 1. The Bertz CT molecular complexity index is 416. The van der Waals surface area contributed by atoms with Crippen LogP contribution in [0.25, 0.3) is 0 Å². The summed E-state index contributed by atoms with van der Waals surface area (Å²) >= 11 is 0. The number of rotatable bonds is 2. The number of hydrogen-bond donors (Lipinski definition) is 1. The highest BCUT2D eigenvalue weighted by atomic mass is 16.6. The number of carbonyl (C=O) groups excluding carboxylic acids is 1. The number of ether oxygens (including phenoxy) is 1. The second kappa shape index (κ2) is 4.14. The first-order valence-corrected chi connectivity index (χ1v) is 5.82. The van der Waals surface area contributed by atoms with E-state index in [9.17, 15) is 9.90 Å². The topological polar surface area (TPSA) is 64.4 Å². The Morgan fingerprint density at radius 3 is 2.76 bits per heavy atom. The van der Waals surface area contributed by atoms with Crippen LogP contribution in [-0.2, 0) is 4.74 Å². The van der Waals surface area contributed by atoms with E-state index in [0.717, 1.165) is 12.8 Å². The molecule has 0 radical (unpaired) electrons. The van der Waals surface area contributed by atoms with Gasteiger partial charge >= 0.3 is 6.09 Å². The smallest absolute Gasteiger partial charge is 0.419 e. The van der Waals surface area contributed by atoms with E-state index in [4.69, 9.17) is 4.74 Å². The quantitative estimate of drug-likeness (QED) is 0.857. The molecule has 0 aromatic carbocycles. The summed E-state index contributed by atoms with van der Waals surface area (Å²) in [5, 5.41) is 9.86. The van der Waals surface area contributed by atoms with E-state index in [1.807, 2.05) is 20.8 Å². The lowest BCUT2D eigenvalue weighted by molar-refractivity contribution is 0.0536. The lowest BCUT2D eigenvalue weighted by Crippen LogP contribution is -2.26. The summed E-state index contributed by atoms with van der Waals surface area (Å²) in [4.78, 5) is 15.7. The maximum absolute atomic E-state index is 11.7. The van der Waals surface area contributed by atoms with Gasteiger partial charge in [-0.25, -0.2) is 14.3 Å². The summed E-state index contributed by atoms with van der Waals surface area (Å²) in [6.45, 7) is 5.42. The molecule has 0 amide bonds. The Morgan fingerprint density at radius 2 is 2.24 bits per heavy atom. The summed E-state index contributed by atoms with van der Waals surface area (Å²) in [6, 6.07) is 0. The Labute approximate surface area is 100 Å². The third-order valence-electron chi connectivity index (χ3n) is 2.58. The molecule has 1 aliphatic rings. The van der Waals surface area contributed by atoms with Crippen LogP contribution in [0.2, 0.25) is 0 Å². The fourth-order valence-electron chi connectivity index (χ4n) is 1.56. The van der Waals surface area contributed by atoms with E-state index in [1.54, 1.807) is 0 Å². The molecule has 1 fully saturated rings. The fourth-order valence-corrected chi connectivity index (χ4v) is 1.56. The fraction of sp³-hybridized carbons (Fsp3) is 0.667. The molecule has 0 saturated heterocycles. The van der Waals surface area contributed by atoms with Gasteiger partial charge < -0.3 is 9.84 Å². The summed E-state index contributed by atoms with van der Waals surface area (Å²) in [5.74, 6) is 0.303. The van der Waals surface area contributed by atoms with E-state index in [2.05, 4.69) is 4.98 Å². The van der Waals surface area contributed by atoms with Gasteiger partial charge in [-0.2, -0.15) is 0 Å². The molecular formula is C12H18N2O3. The maximum atomic E-state index is 11.7. The second-order valence-electron chi connectivity index (χ2n) is 5.47. The first-order chi connectivity index (χ1) is 7.87. The molecule has 1 aromatic rings. The number of aromatic nitrogens is 2. The second-order valence-corrected chi connectivity index (χ2v) is 5.47. The molecule has 1 heterocycles. The first-order valence-electron chi connectivity index (χ1n) is 5.82. The van der Waals surface area contributed by atoms with Crippen molar-refractivity contribution < 1.29 is 14.6 Å². The zero-order chi connectivity index (χ0) is 12.6. The number of imidazole rings is 1. The maximum Gasteiger partial charge on any atom is 0.419 e. The summed E-state index contributed by atoms with van der Waals surface area (Å²) in [5.41, 5.74) is 0.00902. The van der Waals surface area contributed by atoms with Crippen LogP contribution in [0, 0.1) is 5.92 Å². The van der Waals surface area contributed by atoms with Crippen LogP contribution in [0.5, 0.6) is 0 Å². The average Bonchev–Trinajstić information content (AvgIpc) is 2.91. The van der Waals surface area contributed by atoms with Crippen LogP contribution in [0.1, 0.15) is 45.4 Å². The minimum atomic E-state index is -0.557. The zero-order valence-electron chi connectivity index (χ0n) is 10.4. The standard InChI is InChI=1S/C12H18N2O3/c1-12(2,3)17-11(16)14-6-9(13-7-14)10(15)8-4-5-8/h6-8,10,15H,4-5H2,1-3H3. The van der Waals surface area contributed by atoms with Gasteiger partial charge in [-0.15, -0.1) is 0 Å². The van der Waals surface area contributed by atoms with Gasteiger partial charge in [0.2, 0.25) is 0 Å². The van der Waals surface area contributed by atoms with Gasteiger partial charge in [0, 0.05) is 6.20 Å². The van der Waals surface area contributed by atoms with Crippen LogP contribution >= 0.6 is 0 Å². The van der Waals surface area contributed by atoms with Crippen LogP contribution in [0.3, 0.4) is 0 Å². The summed E-state index contributed by atoms with van der Waals surface area (Å²) in [6.07, 6.45) is 3.95. The molecule has 5 heteroatoms. The van der Waals surface area contributed by atoms with Gasteiger partial charge in [-0.1, -0.05) is 0 Å². The molecule has 0 bridgehead atoms.